The lowest BCUT2D eigenvalue weighted by molar-refractivity contribution is -0.384. The van der Waals surface area contributed by atoms with Crippen molar-refractivity contribution in [3.05, 3.63) is 15.8 Å². The largest absolute Gasteiger partial charge is 0.396 e. The molecule has 0 aliphatic heterocycles. The van der Waals surface area contributed by atoms with Crippen LogP contribution in [-0.4, -0.2) is 32.5 Å². The monoisotopic (exact) mass is 298 g/mol. The first-order valence-corrected chi connectivity index (χ1v) is 7.31. The predicted octanol–water partition coefficient (Wildman–Crippen LogP) is 2.72. The molecule has 7 heteroatoms. The van der Waals surface area contributed by atoms with Crippen LogP contribution in [0.15, 0.2) is 0 Å². The lowest BCUT2D eigenvalue weighted by Gasteiger charge is -2.31. The van der Waals surface area contributed by atoms with E-state index in [4.69, 9.17) is 0 Å². The van der Waals surface area contributed by atoms with Crippen molar-refractivity contribution in [2.45, 2.75) is 60.0 Å². The molecule has 0 spiro atoms. The van der Waals surface area contributed by atoms with Gasteiger partial charge < -0.3 is 10.4 Å². The Morgan fingerprint density at radius 2 is 2.10 bits per heavy atom. The normalized spacial score (nSPS) is 13.2. The molecule has 0 aliphatic carbocycles. The molecule has 21 heavy (non-hydrogen) atoms. The van der Waals surface area contributed by atoms with Crippen LogP contribution >= 0.6 is 0 Å². The van der Waals surface area contributed by atoms with Gasteiger partial charge >= 0.3 is 5.69 Å². The minimum atomic E-state index is -0.393. The van der Waals surface area contributed by atoms with Crippen molar-refractivity contribution in [2.75, 3.05) is 11.9 Å². The summed E-state index contributed by atoms with van der Waals surface area (Å²) in [5.74, 6) is 0.438. The highest BCUT2D eigenvalue weighted by Gasteiger charge is 2.31. The van der Waals surface area contributed by atoms with Crippen LogP contribution in [0.1, 0.15) is 46.2 Å². The molecule has 0 aliphatic rings. The van der Waals surface area contributed by atoms with Crippen LogP contribution in [0.2, 0.25) is 0 Å². The highest BCUT2D eigenvalue weighted by atomic mass is 16.6. The molecular weight excluding hydrogens is 272 g/mol. The molecule has 1 aromatic heterocycles. The third kappa shape index (κ3) is 4.17. The Balaban J connectivity index is 3.22. The van der Waals surface area contributed by atoms with Crippen molar-refractivity contribution >= 4 is 11.5 Å². The molecule has 1 rings (SSSR count). The van der Waals surface area contributed by atoms with Crippen LogP contribution in [-0.2, 0) is 6.54 Å². The van der Waals surface area contributed by atoms with Gasteiger partial charge in [-0.25, -0.2) is 4.68 Å². The van der Waals surface area contributed by atoms with Crippen molar-refractivity contribution in [3.8, 4) is 0 Å². The molecule has 1 aromatic rings. The molecule has 0 radical (unpaired) electrons. The van der Waals surface area contributed by atoms with Crippen molar-refractivity contribution < 1.29 is 10.0 Å². The first-order valence-electron chi connectivity index (χ1n) is 7.31. The summed E-state index contributed by atoms with van der Waals surface area (Å²) in [6.07, 6.45) is 1.37. The van der Waals surface area contributed by atoms with Gasteiger partial charge in [0.05, 0.1) is 4.92 Å². The zero-order valence-electron chi connectivity index (χ0n) is 13.5. The van der Waals surface area contributed by atoms with Crippen molar-refractivity contribution in [2.24, 2.45) is 5.41 Å². The number of anilines is 1. The quantitative estimate of drug-likeness (QED) is 0.596. The molecule has 0 bridgehead atoms. The maximum absolute atomic E-state index is 11.3. The van der Waals surface area contributed by atoms with Crippen molar-refractivity contribution in [1.29, 1.82) is 0 Å². The third-order valence-electron chi connectivity index (χ3n) is 3.49. The first kappa shape index (κ1) is 17.4. The maximum Gasteiger partial charge on any atom is 0.333 e. The van der Waals surface area contributed by atoms with Gasteiger partial charge in [0.25, 0.3) is 0 Å². The molecule has 0 fully saturated rings. The zero-order valence-corrected chi connectivity index (χ0v) is 13.5. The molecule has 120 valence electrons. The van der Waals surface area contributed by atoms with E-state index >= 15 is 0 Å². The van der Waals surface area contributed by atoms with Gasteiger partial charge in [0, 0.05) is 19.2 Å². The Labute approximate surface area is 125 Å². The number of rotatable bonds is 7. The van der Waals surface area contributed by atoms with E-state index in [-0.39, 0.29) is 23.8 Å². The maximum atomic E-state index is 11.3. The van der Waals surface area contributed by atoms with Crippen LogP contribution < -0.4 is 5.32 Å². The SMILES string of the molecule is CCCn1nc(C)c([N+](=O)[O-])c1NC(CCO)C(C)(C)C. The molecule has 1 unspecified atom stereocenters. The van der Waals surface area contributed by atoms with E-state index in [2.05, 4.69) is 10.4 Å². The minimum absolute atomic E-state index is 0.0237. The number of hydrogen-bond acceptors (Lipinski definition) is 5. The number of hydrogen-bond donors (Lipinski definition) is 2. The summed E-state index contributed by atoms with van der Waals surface area (Å²) in [4.78, 5) is 10.9. The van der Waals surface area contributed by atoms with Crippen molar-refractivity contribution in [3.63, 3.8) is 0 Å². The molecule has 0 aromatic carbocycles. The summed E-state index contributed by atoms with van der Waals surface area (Å²) < 4.78 is 1.66. The predicted molar refractivity (Wildman–Crippen MR) is 82.5 cm³/mol. The standard InChI is InChI=1S/C14H26N4O3/c1-6-8-17-13(12(18(20)21)10(2)16-17)15-11(7-9-19)14(3,4)5/h11,15,19H,6-9H2,1-5H3. The second-order valence-corrected chi connectivity index (χ2v) is 6.34. The molecule has 2 N–H and O–H groups in total. The van der Waals surface area contributed by atoms with E-state index in [9.17, 15) is 15.2 Å². The van der Waals surface area contributed by atoms with Crippen LogP contribution in [0.4, 0.5) is 11.5 Å². The van der Waals surface area contributed by atoms with Gasteiger partial charge in [-0.1, -0.05) is 27.7 Å². The van der Waals surface area contributed by atoms with E-state index in [1.807, 2.05) is 27.7 Å². The number of nitrogens with zero attached hydrogens (tertiary/aromatic N) is 3. The van der Waals surface area contributed by atoms with Gasteiger partial charge in [-0.3, -0.25) is 10.1 Å². The van der Waals surface area contributed by atoms with Gasteiger partial charge in [0.1, 0.15) is 5.69 Å². The summed E-state index contributed by atoms with van der Waals surface area (Å²) in [6, 6.07) is -0.0760. The van der Waals surface area contributed by atoms with Crippen LogP contribution in [0.5, 0.6) is 0 Å². The Hall–Kier alpha value is -1.63. The summed E-state index contributed by atoms with van der Waals surface area (Å²) in [5, 5.41) is 28.1. The average molecular weight is 298 g/mol. The number of aliphatic hydroxyl groups excluding tert-OH is 1. The summed E-state index contributed by atoms with van der Waals surface area (Å²) >= 11 is 0. The molecule has 0 saturated carbocycles. The van der Waals surface area contributed by atoms with Gasteiger partial charge in [-0.2, -0.15) is 5.10 Å². The Morgan fingerprint density at radius 1 is 1.48 bits per heavy atom. The fraction of sp³-hybridized carbons (Fsp3) is 0.786. The van der Waals surface area contributed by atoms with E-state index in [0.29, 0.717) is 24.5 Å². The molecule has 1 atom stereocenters. The van der Waals surface area contributed by atoms with Crippen LogP contribution in [0.3, 0.4) is 0 Å². The van der Waals surface area contributed by atoms with Gasteiger partial charge in [0.2, 0.25) is 5.82 Å². The number of aryl methyl sites for hydroxylation is 2. The van der Waals surface area contributed by atoms with Gasteiger partial charge in [-0.15, -0.1) is 0 Å². The zero-order chi connectivity index (χ0) is 16.2. The fourth-order valence-corrected chi connectivity index (χ4v) is 2.32. The third-order valence-corrected chi connectivity index (χ3v) is 3.49. The molecule has 0 saturated heterocycles. The lowest BCUT2D eigenvalue weighted by atomic mass is 9.85. The number of aliphatic hydroxyl groups is 1. The number of aromatic nitrogens is 2. The average Bonchev–Trinajstić information content (AvgIpc) is 2.64. The van der Waals surface area contributed by atoms with Crippen LogP contribution in [0.25, 0.3) is 0 Å². The minimum Gasteiger partial charge on any atom is -0.396 e. The summed E-state index contributed by atoms with van der Waals surface area (Å²) in [7, 11) is 0. The Bertz CT molecular complexity index is 491. The first-order chi connectivity index (χ1) is 9.72. The van der Waals surface area contributed by atoms with E-state index < -0.39 is 4.92 Å². The van der Waals surface area contributed by atoms with E-state index in [0.717, 1.165) is 6.42 Å². The fourth-order valence-electron chi connectivity index (χ4n) is 2.32. The number of nitrogens with one attached hydrogen (secondary N) is 1. The van der Waals surface area contributed by atoms with Gasteiger partial charge in [0.15, 0.2) is 0 Å². The molecular formula is C14H26N4O3. The summed E-state index contributed by atoms with van der Waals surface area (Å²) in [5.41, 5.74) is 0.300. The smallest absolute Gasteiger partial charge is 0.333 e. The Morgan fingerprint density at radius 3 is 2.52 bits per heavy atom. The van der Waals surface area contributed by atoms with E-state index in [1.165, 1.54) is 0 Å². The highest BCUT2D eigenvalue weighted by molar-refractivity contribution is 5.60. The highest BCUT2D eigenvalue weighted by Crippen LogP contribution is 2.32. The Kier molecular flexibility index (Phi) is 5.71. The second-order valence-electron chi connectivity index (χ2n) is 6.34. The lowest BCUT2D eigenvalue weighted by Crippen LogP contribution is -2.35. The molecule has 0 amide bonds. The van der Waals surface area contributed by atoms with Crippen LogP contribution in [0, 0.1) is 22.5 Å². The number of nitro groups is 1. The molecule has 7 nitrogen and oxygen atoms in total. The summed E-state index contributed by atoms with van der Waals surface area (Å²) in [6.45, 7) is 10.4. The van der Waals surface area contributed by atoms with Gasteiger partial charge in [-0.05, 0) is 25.2 Å². The van der Waals surface area contributed by atoms with E-state index in [1.54, 1.807) is 11.6 Å². The topological polar surface area (TPSA) is 93.2 Å². The second kappa shape index (κ2) is 6.89. The molecule has 1 heterocycles. The van der Waals surface area contributed by atoms with Crippen molar-refractivity contribution in [1.82, 2.24) is 9.78 Å².